The molecule has 5 nitrogen and oxygen atoms in total. The van der Waals surface area contributed by atoms with Crippen molar-refractivity contribution in [3.63, 3.8) is 0 Å². The van der Waals surface area contributed by atoms with E-state index in [1.807, 2.05) is 24.3 Å². The molecule has 3 rings (SSSR count). The summed E-state index contributed by atoms with van der Waals surface area (Å²) < 4.78 is 0. The lowest BCUT2D eigenvalue weighted by molar-refractivity contribution is -0.117. The van der Waals surface area contributed by atoms with Gasteiger partial charge < -0.3 is 10.2 Å². The van der Waals surface area contributed by atoms with Gasteiger partial charge in [-0.25, -0.2) is 9.97 Å². The molecule has 122 valence electrons. The summed E-state index contributed by atoms with van der Waals surface area (Å²) in [7, 11) is 0. The fourth-order valence-corrected chi connectivity index (χ4v) is 2.88. The summed E-state index contributed by atoms with van der Waals surface area (Å²) in [5.74, 6) is 1.37. The minimum atomic E-state index is -0.0534. The predicted octanol–water partition coefficient (Wildman–Crippen LogP) is 3.60. The maximum atomic E-state index is 12.3. The van der Waals surface area contributed by atoms with Crippen LogP contribution in [0.5, 0.6) is 0 Å². The van der Waals surface area contributed by atoms with E-state index in [0.29, 0.717) is 12.2 Å². The number of rotatable bonds is 3. The molecule has 0 unspecified atom stereocenters. The van der Waals surface area contributed by atoms with Gasteiger partial charge in [-0.3, -0.25) is 4.79 Å². The SMILES string of the molecule is CC(C)(C)CC(=O)Nc1nc2ccccc2nc1N1CCCC1. The molecule has 23 heavy (non-hydrogen) atoms. The number of benzene rings is 1. The van der Waals surface area contributed by atoms with Gasteiger partial charge in [-0.05, 0) is 30.4 Å². The average molecular weight is 312 g/mol. The van der Waals surface area contributed by atoms with E-state index in [9.17, 15) is 4.79 Å². The lowest BCUT2D eigenvalue weighted by Crippen LogP contribution is -2.25. The third kappa shape index (κ3) is 3.78. The summed E-state index contributed by atoms with van der Waals surface area (Å²) in [6.45, 7) is 8.10. The van der Waals surface area contributed by atoms with E-state index in [2.05, 4.69) is 36.0 Å². The van der Waals surface area contributed by atoms with Gasteiger partial charge in [0.1, 0.15) is 0 Å². The average Bonchev–Trinajstić information content (AvgIpc) is 2.98. The summed E-state index contributed by atoms with van der Waals surface area (Å²) in [4.78, 5) is 24.0. The van der Waals surface area contributed by atoms with E-state index in [-0.39, 0.29) is 11.3 Å². The van der Waals surface area contributed by atoms with Crippen LogP contribution in [-0.4, -0.2) is 29.0 Å². The van der Waals surface area contributed by atoms with Crippen LogP contribution in [0.15, 0.2) is 24.3 Å². The van der Waals surface area contributed by atoms with Gasteiger partial charge in [-0.2, -0.15) is 0 Å². The minimum Gasteiger partial charge on any atom is -0.354 e. The summed E-state index contributed by atoms with van der Waals surface area (Å²) in [6.07, 6.45) is 2.77. The molecule has 1 aliphatic rings. The Balaban J connectivity index is 1.95. The number of para-hydroxylation sites is 2. The molecule has 2 heterocycles. The third-order valence-corrected chi connectivity index (χ3v) is 3.91. The summed E-state index contributed by atoms with van der Waals surface area (Å²) in [5, 5.41) is 2.98. The van der Waals surface area contributed by atoms with E-state index in [1.165, 1.54) is 0 Å². The molecule has 0 aliphatic carbocycles. The zero-order valence-electron chi connectivity index (χ0n) is 14.1. The Morgan fingerprint density at radius 1 is 1.13 bits per heavy atom. The topological polar surface area (TPSA) is 58.1 Å². The molecule has 5 heteroatoms. The van der Waals surface area contributed by atoms with Crippen molar-refractivity contribution in [3.8, 4) is 0 Å². The molecule has 1 aromatic heterocycles. The fourth-order valence-electron chi connectivity index (χ4n) is 2.88. The van der Waals surface area contributed by atoms with Crippen LogP contribution in [0.4, 0.5) is 11.6 Å². The van der Waals surface area contributed by atoms with Crippen LogP contribution < -0.4 is 10.2 Å². The van der Waals surface area contributed by atoms with Gasteiger partial charge in [0.05, 0.1) is 11.0 Å². The molecule has 2 aromatic rings. The van der Waals surface area contributed by atoms with Crippen LogP contribution in [0.25, 0.3) is 11.0 Å². The highest BCUT2D eigenvalue weighted by atomic mass is 16.1. The number of carbonyl (C=O) groups is 1. The lowest BCUT2D eigenvalue weighted by Gasteiger charge is -2.21. The molecule has 0 spiro atoms. The van der Waals surface area contributed by atoms with Crippen molar-refractivity contribution in [2.24, 2.45) is 5.41 Å². The fraction of sp³-hybridized carbons (Fsp3) is 0.500. The van der Waals surface area contributed by atoms with Crippen molar-refractivity contribution in [2.45, 2.75) is 40.0 Å². The number of nitrogens with zero attached hydrogens (tertiary/aromatic N) is 3. The van der Waals surface area contributed by atoms with Crippen LogP contribution in [0.2, 0.25) is 0 Å². The van der Waals surface area contributed by atoms with Crippen molar-refractivity contribution in [3.05, 3.63) is 24.3 Å². The molecule has 0 bridgehead atoms. The van der Waals surface area contributed by atoms with E-state index in [0.717, 1.165) is 42.8 Å². The van der Waals surface area contributed by atoms with Gasteiger partial charge in [-0.1, -0.05) is 32.9 Å². The van der Waals surface area contributed by atoms with Crippen LogP contribution in [-0.2, 0) is 4.79 Å². The van der Waals surface area contributed by atoms with E-state index in [4.69, 9.17) is 4.98 Å². The highest BCUT2D eigenvalue weighted by Crippen LogP contribution is 2.28. The molecule has 1 fully saturated rings. The maximum absolute atomic E-state index is 12.3. The second-order valence-electron chi connectivity index (χ2n) is 7.36. The number of fused-ring (bicyclic) bond motifs is 1. The first-order valence-electron chi connectivity index (χ1n) is 8.24. The van der Waals surface area contributed by atoms with Crippen molar-refractivity contribution in [1.29, 1.82) is 0 Å². The molecule has 0 radical (unpaired) electrons. The van der Waals surface area contributed by atoms with Gasteiger partial charge in [0.2, 0.25) is 5.91 Å². The van der Waals surface area contributed by atoms with Crippen molar-refractivity contribution in [2.75, 3.05) is 23.3 Å². The number of aromatic nitrogens is 2. The Labute approximate surface area is 137 Å². The zero-order chi connectivity index (χ0) is 16.4. The van der Waals surface area contributed by atoms with E-state index < -0.39 is 0 Å². The Morgan fingerprint density at radius 2 is 1.74 bits per heavy atom. The predicted molar refractivity (Wildman–Crippen MR) is 93.7 cm³/mol. The second kappa shape index (κ2) is 6.14. The maximum Gasteiger partial charge on any atom is 0.226 e. The van der Waals surface area contributed by atoms with Crippen molar-refractivity contribution < 1.29 is 4.79 Å². The Hall–Kier alpha value is -2.17. The molecular formula is C18H24N4O. The van der Waals surface area contributed by atoms with E-state index >= 15 is 0 Å². The zero-order valence-corrected chi connectivity index (χ0v) is 14.1. The number of nitrogens with one attached hydrogen (secondary N) is 1. The van der Waals surface area contributed by atoms with Crippen molar-refractivity contribution >= 4 is 28.6 Å². The van der Waals surface area contributed by atoms with Crippen LogP contribution in [0, 0.1) is 5.41 Å². The number of hydrogen-bond acceptors (Lipinski definition) is 4. The second-order valence-corrected chi connectivity index (χ2v) is 7.36. The first kappa shape index (κ1) is 15.7. The molecule has 1 amide bonds. The molecular weight excluding hydrogens is 288 g/mol. The number of hydrogen-bond donors (Lipinski definition) is 1. The summed E-state index contributed by atoms with van der Waals surface area (Å²) >= 11 is 0. The van der Waals surface area contributed by atoms with Crippen LogP contribution in [0.1, 0.15) is 40.0 Å². The Morgan fingerprint density at radius 3 is 2.35 bits per heavy atom. The molecule has 1 aromatic carbocycles. The molecule has 1 aliphatic heterocycles. The number of anilines is 2. The number of carbonyl (C=O) groups excluding carboxylic acids is 1. The largest absolute Gasteiger partial charge is 0.354 e. The first-order chi connectivity index (χ1) is 10.9. The van der Waals surface area contributed by atoms with E-state index in [1.54, 1.807) is 0 Å². The lowest BCUT2D eigenvalue weighted by atomic mass is 9.92. The molecule has 0 atom stereocenters. The highest BCUT2D eigenvalue weighted by Gasteiger charge is 2.22. The quantitative estimate of drug-likeness (QED) is 0.940. The molecule has 1 saturated heterocycles. The van der Waals surface area contributed by atoms with Gasteiger partial charge in [-0.15, -0.1) is 0 Å². The van der Waals surface area contributed by atoms with Gasteiger partial charge in [0, 0.05) is 19.5 Å². The van der Waals surface area contributed by atoms with Crippen LogP contribution >= 0.6 is 0 Å². The van der Waals surface area contributed by atoms with Crippen LogP contribution in [0.3, 0.4) is 0 Å². The van der Waals surface area contributed by atoms with Crippen molar-refractivity contribution in [1.82, 2.24) is 9.97 Å². The standard InChI is InChI=1S/C18H24N4O/c1-18(2,3)12-15(23)21-16-17(22-10-6-7-11-22)20-14-9-5-4-8-13(14)19-16/h4-5,8-9H,6-7,10-12H2,1-3H3,(H,19,21,23). The van der Waals surface area contributed by atoms with Gasteiger partial charge >= 0.3 is 0 Å². The Kier molecular flexibility index (Phi) is 4.20. The number of amides is 1. The Bertz CT molecular complexity index is 715. The molecule has 1 N–H and O–H groups in total. The van der Waals surface area contributed by atoms with Gasteiger partial charge in [0.15, 0.2) is 11.6 Å². The first-order valence-corrected chi connectivity index (χ1v) is 8.24. The smallest absolute Gasteiger partial charge is 0.226 e. The minimum absolute atomic E-state index is 0.0115. The third-order valence-electron chi connectivity index (χ3n) is 3.91. The van der Waals surface area contributed by atoms with Gasteiger partial charge in [0.25, 0.3) is 0 Å². The molecule has 0 saturated carbocycles. The summed E-state index contributed by atoms with van der Waals surface area (Å²) in [6, 6.07) is 7.79. The monoisotopic (exact) mass is 312 g/mol. The summed E-state index contributed by atoms with van der Waals surface area (Å²) in [5.41, 5.74) is 1.62. The highest BCUT2D eigenvalue weighted by molar-refractivity contribution is 5.94. The normalized spacial score (nSPS) is 15.2.